The molecule has 2 rings (SSSR count). The highest BCUT2D eigenvalue weighted by Crippen LogP contribution is 2.33. The minimum Gasteiger partial charge on any atom is -0.465 e. The Labute approximate surface area is 148 Å². The van der Waals surface area contributed by atoms with Crippen molar-refractivity contribution in [2.75, 3.05) is 32.7 Å². The highest BCUT2D eigenvalue weighted by atomic mass is 19.1. The van der Waals surface area contributed by atoms with E-state index in [1.165, 1.54) is 4.90 Å². The fraction of sp³-hybridized carbons (Fsp3) is 0.882. The Morgan fingerprint density at radius 3 is 2.24 bits per heavy atom. The van der Waals surface area contributed by atoms with E-state index in [4.69, 9.17) is 9.84 Å². The Morgan fingerprint density at radius 1 is 1.20 bits per heavy atom. The van der Waals surface area contributed by atoms with E-state index in [-0.39, 0.29) is 6.04 Å². The zero-order valence-electron chi connectivity index (χ0n) is 15.4. The van der Waals surface area contributed by atoms with E-state index in [0.717, 1.165) is 0 Å². The molecule has 8 heteroatoms. The van der Waals surface area contributed by atoms with Gasteiger partial charge in [0.25, 0.3) is 0 Å². The molecule has 0 bridgehead atoms. The van der Waals surface area contributed by atoms with Crippen LogP contribution in [0.4, 0.5) is 14.0 Å². The van der Waals surface area contributed by atoms with Gasteiger partial charge in [0.1, 0.15) is 11.3 Å². The molecule has 0 radical (unpaired) electrons. The van der Waals surface area contributed by atoms with E-state index in [0.29, 0.717) is 58.4 Å². The normalized spacial score (nSPS) is 28.5. The van der Waals surface area contributed by atoms with Crippen molar-refractivity contribution >= 4 is 12.2 Å². The molecule has 7 nitrogen and oxygen atoms in total. The summed E-state index contributed by atoms with van der Waals surface area (Å²) in [7, 11) is 0. The van der Waals surface area contributed by atoms with Crippen LogP contribution in [-0.4, -0.2) is 77.1 Å². The number of rotatable bonds is 3. The van der Waals surface area contributed by atoms with Crippen molar-refractivity contribution in [2.24, 2.45) is 0 Å². The van der Waals surface area contributed by atoms with Gasteiger partial charge in [-0.3, -0.25) is 4.90 Å². The van der Waals surface area contributed by atoms with Crippen LogP contribution in [0.15, 0.2) is 0 Å². The summed E-state index contributed by atoms with van der Waals surface area (Å²) in [5, 5.41) is 11.8. The molecule has 1 saturated heterocycles. The first kappa shape index (κ1) is 19.8. The van der Waals surface area contributed by atoms with E-state index < -0.39 is 23.5 Å². The number of carbonyl (C=O) groups is 2. The average Bonchev–Trinajstić information content (AvgIpc) is 2.48. The Hall–Kier alpha value is -1.57. The molecule has 25 heavy (non-hydrogen) atoms. The highest BCUT2D eigenvalue weighted by Gasteiger charge is 2.38. The zero-order valence-corrected chi connectivity index (χ0v) is 15.4. The molecule has 0 aromatic heterocycles. The molecular weight excluding hydrogens is 329 g/mol. The summed E-state index contributed by atoms with van der Waals surface area (Å²) in [6, 6.07) is -0.0532. The summed E-state index contributed by atoms with van der Waals surface area (Å²) >= 11 is 0. The van der Waals surface area contributed by atoms with Gasteiger partial charge in [-0.15, -0.1) is 0 Å². The maximum Gasteiger partial charge on any atom is 0.407 e. The van der Waals surface area contributed by atoms with Crippen LogP contribution in [0, 0.1) is 0 Å². The number of nitrogens with zero attached hydrogens (tertiary/aromatic N) is 2. The SMILES string of the molecule is CC(C)(C)OC(=O)NC1CCC(F)(CN2CCN(C(=O)O)CC2)CC1. The Morgan fingerprint density at radius 2 is 1.76 bits per heavy atom. The molecule has 2 amide bonds. The van der Waals surface area contributed by atoms with Crippen LogP contribution in [0.2, 0.25) is 0 Å². The van der Waals surface area contributed by atoms with Crippen LogP contribution in [-0.2, 0) is 4.74 Å². The third-order valence-corrected chi connectivity index (χ3v) is 4.75. The number of carbonyl (C=O) groups excluding carboxylic acids is 1. The number of alkyl halides is 1. The molecule has 1 aliphatic carbocycles. The van der Waals surface area contributed by atoms with E-state index in [9.17, 15) is 9.59 Å². The van der Waals surface area contributed by atoms with Crippen LogP contribution < -0.4 is 5.32 Å². The molecular formula is C17H30FN3O4. The van der Waals surface area contributed by atoms with Crippen molar-refractivity contribution in [3.05, 3.63) is 0 Å². The van der Waals surface area contributed by atoms with Gasteiger partial charge < -0.3 is 20.1 Å². The second-order valence-electron chi connectivity index (χ2n) is 8.12. The Balaban J connectivity index is 1.73. The zero-order chi connectivity index (χ0) is 18.7. The molecule has 1 saturated carbocycles. The Kier molecular flexibility index (Phi) is 6.13. The molecule has 2 aliphatic rings. The van der Waals surface area contributed by atoms with Crippen LogP contribution >= 0.6 is 0 Å². The third kappa shape index (κ3) is 6.34. The van der Waals surface area contributed by atoms with Crippen molar-refractivity contribution in [3.63, 3.8) is 0 Å². The molecule has 0 aromatic rings. The summed E-state index contributed by atoms with van der Waals surface area (Å²) in [6.07, 6.45) is 0.603. The maximum atomic E-state index is 15.1. The van der Waals surface area contributed by atoms with E-state index in [1.807, 2.05) is 25.7 Å². The van der Waals surface area contributed by atoms with Gasteiger partial charge in [-0.1, -0.05) is 0 Å². The number of hydrogen-bond donors (Lipinski definition) is 2. The number of alkyl carbamates (subject to hydrolysis) is 1. The van der Waals surface area contributed by atoms with Crippen molar-refractivity contribution in [2.45, 2.75) is 63.8 Å². The summed E-state index contributed by atoms with van der Waals surface area (Å²) < 4.78 is 20.3. The van der Waals surface area contributed by atoms with Gasteiger partial charge in [-0.25, -0.2) is 14.0 Å². The lowest BCUT2D eigenvalue weighted by Gasteiger charge is -2.40. The number of ether oxygens (including phenoxy) is 1. The predicted molar refractivity (Wildman–Crippen MR) is 91.5 cm³/mol. The molecule has 0 atom stereocenters. The Bertz CT molecular complexity index is 479. The van der Waals surface area contributed by atoms with Crippen molar-refractivity contribution in [1.82, 2.24) is 15.1 Å². The molecule has 0 spiro atoms. The van der Waals surface area contributed by atoms with Crippen LogP contribution in [0.1, 0.15) is 46.5 Å². The summed E-state index contributed by atoms with van der Waals surface area (Å²) in [5.74, 6) is 0. The van der Waals surface area contributed by atoms with E-state index >= 15 is 4.39 Å². The van der Waals surface area contributed by atoms with Crippen LogP contribution in [0.3, 0.4) is 0 Å². The number of amides is 2. The number of hydrogen-bond acceptors (Lipinski definition) is 4. The smallest absolute Gasteiger partial charge is 0.407 e. The third-order valence-electron chi connectivity index (χ3n) is 4.75. The predicted octanol–water partition coefficient (Wildman–Crippen LogP) is 2.46. The number of carboxylic acid groups (broad SMARTS) is 1. The van der Waals surface area contributed by atoms with E-state index in [1.54, 1.807) is 0 Å². The van der Waals surface area contributed by atoms with Gasteiger partial charge in [-0.05, 0) is 46.5 Å². The number of halogens is 1. The largest absolute Gasteiger partial charge is 0.465 e. The first-order chi connectivity index (χ1) is 11.6. The highest BCUT2D eigenvalue weighted by molar-refractivity contribution is 5.68. The summed E-state index contributed by atoms with van der Waals surface area (Å²) in [4.78, 5) is 26.1. The number of piperazine rings is 1. The lowest BCUT2D eigenvalue weighted by molar-refractivity contribution is 0.0213. The minimum atomic E-state index is -1.27. The van der Waals surface area contributed by atoms with Crippen LogP contribution in [0.5, 0.6) is 0 Å². The first-order valence-corrected chi connectivity index (χ1v) is 8.95. The summed E-state index contributed by atoms with van der Waals surface area (Å²) in [6.45, 7) is 7.75. The molecule has 0 aromatic carbocycles. The maximum absolute atomic E-state index is 15.1. The van der Waals surface area contributed by atoms with Gasteiger partial charge >= 0.3 is 12.2 Å². The topological polar surface area (TPSA) is 82.1 Å². The van der Waals surface area contributed by atoms with Gasteiger partial charge in [0.15, 0.2) is 0 Å². The van der Waals surface area contributed by atoms with Crippen molar-refractivity contribution in [1.29, 1.82) is 0 Å². The standard InChI is InChI=1S/C17H30FN3O4/c1-16(2,3)25-14(22)19-13-4-6-17(18,7-5-13)12-20-8-10-21(11-9-20)15(23)24/h13H,4-12H2,1-3H3,(H,19,22)(H,23,24). The number of nitrogens with one attached hydrogen (secondary N) is 1. The first-order valence-electron chi connectivity index (χ1n) is 8.95. The second kappa shape index (κ2) is 7.76. The lowest BCUT2D eigenvalue weighted by atomic mass is 9.83. The van der Waals surface area contributed by atoms with Crippen LogP contribution in [0.25, 0.3) is 0 Å². The fourth-order valence-electron chi connectivity index (χ4n) is 3.41. The minimum absolute atomic E-state index is 0.0532. The summed E-state index contributed by atoms with van der Waals surface area (Å²) in [5.41, 5.74) is -1.81. The van der Waals surface area contributed by atoms with Gasteiger partial charge in [0, 0.05) is 38.8 Å². The van der Waals surface area contributed by atoms with Gasteiger partial charge in [0.05, 0.1) is 0 Å². The van der Waals surface area contributed by atoms with Crippen molar-refractivity contribution < 1.29 is 23.8 Å². The molecule has 1 heterocycles. The second-order valence-corrected chi connectivity index (χ2v) is 8.12. The van der Waals surface area contributed by atoms with Gasteiger partial charge in [0.2, 0.25) is 0 Å². The molecule has 2 N–H and O–H groups in total. The van der Waals surface area contributed by atoms with Gasteiger partial charge in [-0.2, -0.15) is 0 Å². The monoisotopic (exact) mass is 359 g/mol. The van der Waals surface area contributed by atoms with E-state index in [2.05, 4.69) is 5.32 Å². The molecule has 1 aliphatic heterocycles. The fourth-order valence-corrected chi connectivity index (χ4v) is 3.41. The molecule has 0 unspecified atom stereocenters. The van der Waals surface area contributed by atoms with Crippen molar-refractivity contribution in [3.8, 4) is 0 Å². The molecule has 144 valence electrons. The quantitative estimate of drug-likeness (QED) is 0.809. The average molecular weight is 359 g/mol. The molecule has 2 fully saturated rings. The lowest BCUT2D eigenvalue weighted by Crippen LogP contribution is -2.53.